The minimum atomic E-state index is 0.723. The molecule has 0 spiro atoms. The fourth-order valence-electron chi connectivity index (χ4n) is 18.0. The Labute approximate surface area is 665 Å². The third kappa shape index (κ3) is 11.4. The topological polar surface area (TPSA) is 163 Å². The third-order valence-electron chi connectivity index (χ3n) is 24.1. The van der Waals surface area contributed by atoms with Crippen LogP contribution in [0.3, 0.4) is 0 Å². The van der Waals surface area contributed by atoms with Crippen LogP contribution >= 0.6 is 0 Å². The van der Waals surface area contributed by atoms with Gasteiger partial charge in [-0.2, -0.15) is 26.3 Å². The molecule has 15 nitrogen and oxygen atoms in total. The van der Waals surface area contributed by atoms with Gasteiger partial charge in [0.05, 0.1) is 65.9 Å². The number of nitrogens with zero attached hydrogens (tertiary/aromatic N) is 15. The molecule has 0 unspecified atom stereocenters. The highest BCUT2D eigenvalue weighted by Crippen LogP contribution is 2.40. The van der Waals surface area contributed by atoms with E-state index in [-0.39, 0.29) is 0 Å². The van der Waals surface area contributed by atoms with Gasteiger partial charge in [0.2, 0.25) is 31.0 Å². The summed E-state index contributed by atoms with van der Waals surface area (Å²) < 4.78 is 22.2. The predicted octanol–water partition coefficient (Wildman–Crippen LogP) is 17.9. The standard InChI is InChI=1S/3C21H14N3.C19H18N3.C18H16N3/c22-12-16-8-5-11-20-19(16)14-23-13-17-9-4-10-18(21(17)24(20)23)15-6-2-1-3-7-15;22-12-17-7-4-8-21-19(17)14-23-13-18-11-16(9-10-20(18)24(21)23)15-5-2-1-3-6-15;22-12-17-7-4-8-20-19(17)14-23-13-18-10-9-16(11-21(18)24(20)23)15-5-2-1-3-6-15;1-11-12(2)14(4)19-16(13(11)3)9-21-10-17-15(8-20)6-5-7-18(17)22(19)21;1-11-7-12(2)15-9-20-10-16-14(8-19)5-4-6-17(16)21(20)18(15)13(11)3/h3*1-11,14H,13H2;5-7,10H,9H2,1-4H3;4-7,10H,9H2,1-3H3/q5*+1. The van der Waals surface area contributed by atoms with Crippen LogP contribution in [-0.4, -0.2) is 23.4 Å². The van der Waals surface area contributed by atoms with Crippen LogP contribution in [0, 0.1) is 105 Å². The maximum Gasteiger partial charge on any atom is 0.205 e. The Morgan fingerprint density at radius 1 is 0.252 bits per heavy atom. The summed E-state index contributed by atoms with van der Waals surface area (Å²) >= 11 is 0. The zero-order valence-electron chi connectivity index (χ0n) is 64.7. The summed E-state index contributed by atoms with van der Waals surface area (Å²) in [7, 11) is 0. The first-order chi connectivity index (χ1) is 56.2. The van der Waals surface area contributed by atoms with Gasteiger partial charge in [-0.1, -0.05) is 158 Å². The molecular formula is C100H76N15+5. The molecule has 5 aliphatic rings. The van der Waals surface area contributed by atoms with Crippen LogP contribution in [0.5, 0.6) is 0 Å². The molecule has 0 amide bonds. The largest absolute Gasteiger partial charge is 0.205 e. The molecule has 0 atom stereocenters. The van der Waals surface area contributed by atoms with E-state index < -0.39 is 0 Å². The summed E-state index contributed by atoms with van der Waals surface area (Å²) in [6.45, 7) is 19.6. The average Bonchev–Trinajstić information content (AvgIpc) is 1.57. The van der Waals surface area contributed by atoms with Crippen molar-refractivity contribution >= 4 is 54.5 Å². The molecule has 23 rings (SSSR count). The molecule has 0 bridgehead atoms. The fourth-order valence-corrected chi connectivity index (χ4v) is 18.0. The third-order valence-corrected chi connectivity index (χ3v) is 24.1. The van der Waals surface area contributed by atoms with Crippen molar-refractivity contribution in [1.29, 1.82) is 26.3 Å². The second-order valence-electron chi connectivity index (χ2n) is 30.3. The number of hydrogen-bond acceptors (Lipinski definition) is 5. The second kappa shape index (κ2) is 27.9. The lowest BCUT2D eigenvalue weighted by molar-refractivity contribution is -0.749. The van der Waals surface area contributed by atoms with Gasteiger partial charge >= 0.3 is 0 Å². The van der Waals surface area contributed by atoms with E-state index in [0.29, 0.717) is 0 Å². The van der Waals surface area contributed by atoms with Gasteiger partial charge in [0, 0.05) is 22.3 Å². The summed E-state index contributed by atoms with van der Waals surface area (Å²) in [4.78, 5) is 0. The van der Waals surface area contributed by atoms with Gasteiger partial charge in [-0.3, -0.25) is 0 Å². The molecule has 115 heavy (non-hydrogen) atoms. The van der Waals surface area contributed by atoms with Crippen LogP contribution < -0.4 is 23.4 Å². The van der Waals surface area contributed by atoms with Gasteiger partial charge in [-0.15, -0.1) is 46.8 Å². The first-order valence-electron chi connectivity index (χ1n) is 38.7. The van der Waals surface area contributed by atoms with Crippen LogP contribution in [0.4, 0.5) is 0 Å². The van der Waals surface area contributed by atoms with Gasteiger partial charge in [-0.25, -0.2) is 0 Å². The van der Waals surface area contributed by atoms with Crippen LogP contribution in [0.25, 0.3) is 116 Å². The van der Waals surface area contributed by atoms with E-state index in [0.717, 1.165) is 115 Å². The summed E-state index contributed by atoms with van der Waals surface area (Å²) in [6.07, 6.45) is 10.5. The molecule has 0 aliphatic carbocycles. The van der Waals surface area contributed by atoms with Crippen molar-refractivity contribution < 1.29 is 23.4 Å². The van der Waals surface area contributed by atoms with Crippen LogP contribution in [0.1, 0.15) is 94.6 Å². The van der Waals surface area contributed by atoms with Gasteiger partial charge < -0.3 is 0 Å². The van der Waals surface area contributed by atoms with E-state index >= 15 is 0 Å². The highest BCUT2D eigenvalue weighted by atomic mass is 15.4. The van der Waals surface area contributed by atoms with Crippen LogP contribution in [-0.2, 0) is 32.7 Å². The number of aromatic nitrogens is 10. The minimum absolute atomic E-state index is 0.723. The number of para-hydroxylation sites is 1. The lowest BCUT2D eigenvalue weighted by atomic mass is 9.92. The highest BCUT2D eigenvalue weighted by Gasteiger charge is 2.37. The normalized spacial score (nSPS) is 12.1. The molecule has 13 aromatic carbocycles. The molecule has 18 aromatic rings. The van der Waals surface area contributed by atoms with Crippen molar-refractivity contribution in [2.45, 2.75) is 81.2 Å². The minimum Gasteiger partial charge on any atom is -0.192 e. The second-order valence-corrected chi connectivity index (χ2v) is 30.3. The van der Waals surface area contributed by atoms with Crippen molar-refractivity contribution in [3.63, 3.8) is 0 Å². The van der Waals surface area contributed by atoms with E-state index in [1.807, 2.05) is 78.9 Å². The van der Waals surface area contributed by atoms with Crippen LogP contribution in [0.15, 0.2) is 274 Å². The van der Waals surface area contributed by atoms with Gasteiger partial charge in [0.1, 0.15) is 86.4 Å². The van der Waals surface area contributed by atoms with Crippen molar-refractivity contribution in [3.8, 4) is 92.2 Å². The smallest absolute Gasteiger partial charge is 0.192 e. The van der Waals surface area contributed by atoms with Crippen molar-refractivity contribution in [3.05, 3.63) is 368 Å². The van der Waals surface area contributed by atoms with Crippen molar-refractivity contribution in [2.75, 3.05) is 0 Å². The highest BCUT2D eigenvalue weighted by molar-refractivity contribution is 5.91. The van der Waals surface area contributed by atoms with Gasteiger partial charge in [0.25, 0.3) is 0 Å². The molecule has 5 aromatic heterocycles. The number of benzene rings is 13. The molecule has 0 fully saturated rings. The Morgan fingerprint density at radius 2 is 0.626 bits per heavy atom. The Bertz CT molecular complexity index is 7390. The van der Waals surface area contributed by atoms with Gasteiger partial charge in [0.15, 0.2) is 32.7 Å². The van der Waals surface area contributed by atoms with E-state index in [1.165, 1.54) is 129 Å². The van der Waals surface area contributed by atoms with E-state index in [9.17, 15) is 26.3 Å². The summed E-state index contributed by atoms with van der Waals surface area (Å²) in [5, 5.41) is 51.8. The molecule has 0 saturated heterocycles. The maximum atomic E-state index is 9.39. The number of nitriles is 5. The molecule has 0 saturated carbocycles. The first-order valence-corrected chi connectivity index (χ1v) is 38.7. The van der Waals surface area contributed by atoms with E-state index in [2.05, 4.69) is 320 Å². The molecule has 15 heteroatoms. The lowest BCUT2D eigenvalue weighted by Crippen LogP contribution is -2.36. The van der Waals surface area contributed by atoms with Gasteiger partial charge in [-0.05, 0) is 200 Å². The SMILES string of the molecule is Cc1c(C)c(C)c2c(c1C)C[n+]1cc3c(C#N)cccc3n1-2.Cc1cc(C)c2c(c1C)-n1c3cccc(C#N)c3c[n+]1C2.N#Cc1cccc2c1c[n+]1n2-c2c(cccc2-c2ccccc2)C1.N#Cc1cccc2c1c[n+]1n2-c2cc(-c3ccccc3)ccc2C1.N#Cc1cccc2c1c[n+]1n2-c2ccc(-c3ccccc3)cc2C1. The Hall–Kier alpha value is -15.3. The maximum absolute atomic E-state index is 9.39. The average molecular weight is 1490 g/mol. The van der Waals surface area contributed by atoms with Crippen molar-refractivity contribution in [2.24, 2.45) is 0 Å². The molecule has 0 N–H and O–H groups in total. The Balaban J connectivity index is 0.0000000962. The molecule has 5 aliphatic heterocycles. The molecular weight excluding hydrogens is 1410 g/mol. The summed E-state index contributed by atoms with van der Waals surface area (Å²) in [6, 6.07) is 94.4. The molecule has 10 heterocycles. The monoisotopic (exact) mass is 1490 g/mol. The summed E-state index contributed by atoms with van der Waals surface area (Å²) in [5.74, 6) is 0. The molecule has 0 radical (unpaired) electrons. The van der Waals surface area contributed by atoms with E-state index in [1.54, 1.807) is 0 Å². The zero-order chi connectivity index (χ0) is 78.6. The number of fused-ring (bicyclic) bond motifs is 25. The Kier molecular flexibility index (Phi) is 17.0. The quantitative estimate of drug-likeness (QED) is 0.161. The number of rotatable bonds is 3. The predicted molar refractivity (Wildman–Crippen MR) is 446 cm³/mol. The Morgan fingerprint density at radius 3 is 1.11 bits per heavy atom. The number of hydrogen-bond donors (Lipinski definition) is 0. The first kappa shape index (κ1) is 70.1. The number of aryl methyl sites for hydroxylation is 2. The molecule has 546 valence electrons. The zero-order valence-corrected chi connectivity index (χ0v) is 64.7. The van der Waals surface area contributed by atoms with E-state index in [4.69, 9.17) is 0 Å². The lowest BCUT2D eigenvalue weighted by Gasteiger charge is -2.13. The van der Waals surface area contributed by atoms with Crippen LogP contribution in [0.2, 0.25) is 0 Å². The summed E-state index contributed by atoms with van der Waals surface area (Å²) in [5.41, 5.74) is 38.8. The fraction of sp³-hybridized carbons (Fsp3) is 0.120. The van der Waals surface area contributed by atoms with Crippen molar-refractivity contribution in [1.82, 2.24) is 23.4 Å².